The highest BCUT2D eigenvalue weighted by Crippen LogP contribution is 2.12. The van der Waals surface area contributed by atoms with E-state index in [1.165, 1.54) is 21.1 Å². The lowest BCUT2D eigenvalue weighted by Gasteiger charge is -2.27. The van der Waals surface area contributed by atoms with Gasteiger partial charge >= 0.3 is 5.97 Å². The van der Waals surface area contributed by atoms with Gasteiger partial charge in [0.2, 0.25) is 0 Å². The number of carbonyl (C=O) groups excluding carboxylic acids is 1. The molecule has 2 unspecified atom stereocenters. The molecule has 0 radical (unpaired) electrons. The minimum Gasteiger partial charge on any atom is -0.440 e. The maximum atomic E-state index is 10.7. The van der Waals surface area contributed by atoms with Gasteiger partial charge in [-0.15, -0.1) is 4.91 Å². The summed E-state index contributed by atoms with van der Waals surface area (Å²) in [7, 11) is 2.99. The number of methoxy groups -OCH3 is 1. The highest BCUT2D eigenvalue weighted by atomic mass is 16.6. The van der Waals surface area contributed by atoms with Crippen LogP contribution in [0.3, 0.4) is 0 Å². The van der Waals surface area contributed by atoms with E-state index < -0.39 is 12.2 Å². The minimum atomic E-state index is -0.676. The van der Waals surface area contributed by atoms with Crippen LogP contribution in [0.5, 0.6) is 0 Å². The summed E-state index contributed by atoms with van der Waals surface area (Å²) in [4.78, 5) is 21.0. The van der Waals surface area contributed by atoms with E-state index in [-0.39, 0.29) is 5.92 Å². The largest absolute Gasteiger partial charge is 0.440 e. The molecule has 0 aromatic heterocycles. The molecule has 0 aliphatic heterocycles. The first-order valence-electron chi connectivity index (χ1n) is 4.25. The number of nitroso groups, excluding NO2 is 1. The topological polar surface area (TPSA) is 68.2 Å². The first kappa shape index (κ1) is 12.8. The van der Waals surface area contributed by atoms with E-state index in [4.69, 9.17) is 9.47 Å². The molecule has 0 N–H and O–H groups in total. The number of hydrogen-bond donors (Lipinski definition) is 0. The Kier molecular flexibility index (Phi) is 5.78. The maximum Gasteiger partial charge on any atom is 0.304 e. The van der Waals surface area contributed by atoms with Crippen LogP contribution >= 0.6 is 0 Å². The molecule has 0 aromatic carbocycles. The number of ether oxygens (including phenoxy) is 2. The molecule has 0 bridgehead atoms. The fraction of sp³-hybridized carbons (Fsp3) is 0.875. The highest BCUT2D eigenvalue weighted by Gasteiger charge is 2.24. The van der Waals surface area contributed by atoms with Crippen LogP contribution in [0.1, 0.15) is 13.8 Å². The third kappa shape index (κ3) is 4.18. The van der Waals surface area contributed by atoms with Gasteiger partial charge < -0.3 is 9.47 Å². The third-order valence-corrected chi connectivity index (χ3v) is 1.70. The number of carbonyl (C=O) groups is 1. The molecule has 0 aliphatic rings. The second kappa shape index (κ2) is 6.31. The standard InChI is InChI=1S/C8H16N2O4/c1-6(5-13-4)8(10(3)9-12)14-7(2)11/h6,8H,5H2,1-4H3. The summed E-state index contributed by atoms with van der Waals surface area (Å²) in [5, 5.41) is 3.76. The van der Waals surface area contributed by atoms with Gasteiger partial charge in [-0.3, -0.25) is 4.79 Å². The van der Waals surface area contributed by atoms with Crippen LogP contribution in [-0.4, -0.2) is 38.0 Å². The lowest BCUT2D eigenvalue weighted by Crippen LogP contribution is -2.38. The number of nitrogens with zero attached hydrogens (tertiary/aromatic N) is 2. The maximum absolute atomic E-state index is 10.7. The van der Waals surface area contributed by atoms with Crippen molar-refractivity contribution in [1.29, 1.82) is 0 Å². The summed E-state index contributed by atoms with van der Waals surface area (Å²) in [6.07, 6.45) is -0.676. The first-order valence-corrected chi connectivity index (χ1v) is 4.25. The minimum absolute atomic E-state index is 0.119. The van der Waals surface area contributed by atoms with Gasteiger partial charge in [-0.25, -0.2) is 5.01 Å². The van der Waals surface area contributed by atoms with Crippen molar-refractivity contribution in [1.82, 2.24) is 5.01 Å². The van der Waals surface area contributed by atoms with Crippen molar-refractivity contribution < 1.29 is 14.3 Å². The molecule has 0 aliphatic carbocycles. The molecular weight excluding hydrogens is 188 g/mol. The molecule has 0 saturated heterocycles. The monoisotopic (exact) mass is 204 g/mol. The van der Waals surface area contributed by atoms with E-state index in [0.717, 1.165) is 5.01 Å². The smallest absolute Gasteiger partial charge is 0.304 e. The molecule has 0 heterocycles. The summed E-state index contributed by atoms with van der Waals surface area (Å²) in [5.41, 5.74) is 0. The molecular formula is C8H16N2O4. The summed E-state index contributed by atoms with van der Waals surface area (Å²) in [6, 6.07) is 0. The Morgan fingerprint density at radius 1 is 1.57 bits per heavy atom. The fourth-order valence-corrected chi connectivity index (χ4v) is 1.12. The van der Waals surface area contributed by atoms with Crippen molar-refractivity contribution in [2.45, 2.75) is 20.1 Å². The van der Waals surface area contributed by atoms with Crippen LogP contribution in [0.4, 0.5) is 0 Å². The predicted octanol–water partition coefficient (Wildman–Crippen LogP) is 0.771. The van der Waals surface area contributed by atoms with E-state index in [0.29, 0.717) is 6.61 Å². The van der Waals surface area contributed by atoms with E-state index in [2.05, 4.69) is 5.29 Å². The Labute approximate surface area is 83.1 Å². The van der Waals surface area contributed by atoms with Crippen LogP contribution in [0.2, 0.25) is 0 Å². The summed E-state index contributed by atoms with van der Waals surface area (Å²) < 4.78 is 9.83. The van der Waals surface area contributed by atoms with Gasteiger partial charge in [-0.1, -0.05) is 6.92 Å². The molecule has 82 valence electrons. The Morgan fingerprint density at radius 2 is 2.14 bits per heavy atom. The second-order valence-corrected chi connectivity index (χ2v) is 3.09. The Morgan fingerprint density at radius 3 is 2.50 bits per heavy atom. The second-order valence-electron chi connectivity index (χ2n) is 3.09. The summed E-state index contributed by atoms with van der Waals surface area (Å²) >= 11 is 0. The average Bonchev–Trinajstić information content (AvgIpc) is 2.13. The van der Waals surface area contributed by atoms with Crippen LogP contribution < -0.4 is 0 Å². The van der Waals surface area contributed by atoms with Gasteiger partial charge in [0.05, 0.1) is 11.9 Å². The first-order chi connectivity index (χ1) is 6.52. The van der Waals surface area contributed by atoms with Crippen molar-refractivity contribution in [3.05, 3.63) is 4.91 Å². The van der Waals surface area contributed by atoms with Gasteiger partial charge in [-0.2, -0.15) is 0 Å². The average molecular weight is 204 g/mol. The van der Waals surface area contributed by atoms with E-state index >= 15 is 0 Å². The van der Waals surface area contributed by atoms with Gasteiger partial charge in [0.15, 0.2) is 6.23 Å². The zero-order chi connectivity index (χ0) is 11.1. The number of hydrogen-bond acceptors (Lipinski definition) is 5. The zero-order valence-electron chi connectivity index (χ0n) is 8.89. The normalized spacial score (nSPS) is 14.3. The van der Waals surface area contributed by atoms with Crippen LogP contribution in [-0.2, 0) is 14.3 Å². The van der Waals surface area contributed by atoms with Crippen LogP contribution in [0, 0.1) is 10.8 Å². The molecule has 6 nitrogen and oxygen atoms in total. The van der Waals surface area contributed by atoms with E-state index in [1.54, 1.807) is 6.92 Å². The van der Waals surface area contributed by atoms with Crippen molar-refractivity contribution in [2.24, 2.45) is 11.2 Å². The van der Waals surface area contributed by atoms with Crippen molar-refractivity contribution in [2.75, 3.05) is 20.8 Å². The molecule has 0 aromatic rings. The van der Waals surface area contributed by atoms with Crippen LogP contribution in [0.25, 0.3) is 0 Å². The van der Waals surface area contributed by atoms with Gasteiger partial charge in [0.1, 0.15) is 0 Å². The summed E-state index contributed by atoms with van der Waals surface area (Å²) in [5.74, 6) is -0.569. The van der Waals surface area contributed by atoms with Gasteiger partial charge in [0, 0.05) is 27.0 Å². The lowest BCUT2D eigenvalue weighted by molar-refractivity contribution is -0.162. The fourth-order valence-electron chi connectivity index (χ4n) is 1.12. The molecule has 0 rings (SSSR count). The van der Waals surface area contributed by atoms with Crippen LogP contribution in [0.15, 0.2) is 5.29 Å². The Balaban J connectivity index is 4.36. The SMILES string of the molecule is COCC(C)C(OC(C)=O)N(C)N=O. The van der Waals surface area contributed by atoms with Gasteiger partial charge in [0.25, 0.3) is 0 Å². The molecule has 0 spiro atoms. The van der Waals surface area contributed by atoms with Crippen molar-refractivity contribution in [3.8, 4) is 0 Å². The predicted molar refractivity (Wildman–Crippen MR) is 50.2 cm³/mol. The third-order valence-electron chi connectivity index (χ3n) is 1.70. The zero-order valence-corrected chi connectivity index (χ0v) is 8.89. The summed E-state index contributed by atoms with van der Waals surface area (Å²) in [6.45, 7) is 3.47. The van der Waals surface area contributed by atoms with Crippen molar-refractivity contribution >= 4 is 5.97 Å². The Hall–Kier alpha value is -1.17. The lowest BCUT2D eigenvalue weighted by atomic mass is 10.1. The van der Waals surface area contributed by atoms with Crippen molar-refractivity contribution in [3.63, 3.8) is 0 Å². The molecule has 6 heteroatoms. The van der Waals surface area contributed by atoms with Gasteiger partial charge in [-0.05, 0) is 0 Å². The molecule has 0 amide bonds. The highest BCUT2D eigenvalue weighted by molar-refractivity contribution is 5.66. The Bertz CT molecular complexity index is 198. The molecule has 0 fully saturated rings. The number of rotatable bonds is 6. The molecule has 2 atom stereocenters. The van der Waals surface area contributed by atoms with E-state index in [9.17, 15) is 9.70 Å². The quantitative estimate of drug-likeness (QED) is 0.276. The van der Waals surface area contributed by atoms with E-state index in [1.807, 2.05) is 0 Å². The molecule has 14 heavy (non-hydrogen) atoms. The number of esters is 1. The molecule has 0 saturated carbocycles.